The fourth-order valence-electron chi connectivity index (χ4n) is 2.37. The first-order valence-corrected chi connectivity index (χ1v) is 7.23. The minimum atomic E-state index is 0.649. The van der Waals surface area contributed by atoms with E-state index in [9.17, 15) is 0 Å². The predicted molar refractivity (Wildman–Crippen MR) is 76.4 cm³/mol. The van der Waals surface area contributed by atoms with E-state index in [1.807, 2.05) is 0 Å². The molecule has 3 heteroatoms. The summed E-state index contributed by atoms with van der Waals surface area (Å²) in [7, 11) is 0. The standard InChI is InChI=1S/C14H21BrN2/c1-12-11-17(10-8-16-12)9-2-3-13-4-6-14(15)7-5-13/h4-7,12,16H,2-3,8-11H2,1H3. The zero-order chi connectivity index (χ0) is 12.1. The first-order chi connectivity index (χ1) is 8.24. The zero-order valence-corrected chi connectivity index (χ0v) is 12.0. The SMILES string of the molecule is CC1CN(CCCc2ccc(Br)cc2)CCN1. The first kappa shape index (κ1) is 13.1. The van der Waals surface area contributed by atoms with Gasteiger partial charge in [0.2, 0.25) is 0 Å². The molecule has 0 aromatic heterocycles. The molecule has 1 N–H and O–H groups in total. The number of piperazine rings is 1. The second-order valence-electron chi connectivity index (χ2n) is 4.89. The number of benzene rings is 1. The molecule has 94 valence electrons. The van der Waals surface area contributed by atoms with E-state index in [1.165, 1.54) is 38.0 Å². The molecule has 17 heavy (non-hydrogen) atoms. The van der Waals surface area contributed by atoms with Gasteiger partial charge in [-0.3, -0.25) is 0 Å². The zero-order valence-electron chi connectivity index (χ0n) is 10.5. The molecule has 0 amide bonds. The van der Waals surface area contributed by atoms with Gasteiger partial charge in [0, 0.05) is 30.1 Å². The molecule has 1 fully saturated rings. The third-order valence-electron chi connectivity index (χ3n) is 3.31. The lowest BCUT2D eigenvalue weighted by Crippen LogP contribution is -2.49. The highest BCUT2D eigenvalue weighted by atomic mass is 79.9. The van der Waals surface area contributed by atoms with E-state index in [-0.39, 0.29) is 0 Å². The van der Waals surface area contributed by atoms with Crippen molar-refractivity contribution < 1.29 is 0 Å². The molecule has 0 radical (unpaired) electrons. The van der Waals surface area contributed by atoms with Gasteiger partial charge < -0.3 is 10.2 Å². The van der Waals surface area contributed by atoms with E-state index < -0.39 is 0 Å². The van der Waals surface area contributed by atoms with Gasteiger partial charge >= 0.3 is 0 Å². The molecule has 1 aliphatic rings. The molecular weight excluding hydrogens is 276 g/mol. The van der Waals surface area contributed by atoms with Crippen molar-refractivity contribution in [2.24, 2.45) is 0 Å². The van der Waals surface area contributed by atoms with Crippen LogP contribution in [0.15, 0.2) is 28.7 Å². The van der Waals surface area contributed by atoms with Gasteiger partial charge in [0.1, 0.15) is 0 Å². The van der Waals surface area contributed by atoms with Gasteiger partial charge in [0.15, 0.2) is 0 Å². The van der Waals surface area contributed by atoms with Crippen LogP contribution in [0.3, 0.4) is 0 Å². The number of hydrogen-bond donors (Lipinski definition) is 1. The third kappa shape index (κ3) is 4.41. The molecule has 1 aromatic carbocycles. The molecule has 0 spiro atoms. The second kappa shape index (κ2) is 6.53. The fourth-order valence-corrected chi connectivity index (χ4v) is 2.64. The maximum atomic E-state index is 3.48. The third-order valence-corrected chi connectivity index (χ3v) is 3.83. The molecule has 0 aliphatic carbocycles. The number of halogens is 1. The Bertz CT molecular complexity index is 337. The van der Waals surface area contributed by atoms with Crippen LogP contribution < -0.4 is 5.32 Å². The quantitative estimate of drug-likeness (QED) is 0.919. The van der Waals surface area contributed by atoms with Crippen molar-refractivity contribution in [1.82, 2.24) is 10.2 Å². The van der Waals surface area contributed by atoms with Crippen molar-refractivity contribution in [2.45, 2.75) is 25.8 Å². The molecule has 1 aromatic rings. The van der Waals surface area contributed by atoms with Crippen molar-refractivity contribution in [1.29, 1.82) is 0 Å². The van der Waals surface area contributed by atoms with Gasteiger partial charge in [-0.25, -0.2) is 0 Å². The lowest BCUT2D eigenvalue weighted by Gasteiger charge is -2.31. The molecular formula is C14H21BrN2. The van der Waals surface area contributed by atoms with Crippen molar-refractivity contribution in [3.8, 4) is 0 Å². The number of aryl methyl sites for hydroxylation is 1. The van der Waals surface area contributed by atoms with Gasteiger partial charge in [-0.2, -0.15) is 0 Å². The monoisotopic (exact) mass is 296 g/mol. The molecule has 1 heterocycles. The summed E-state index contributed by atoms with van der Waals surface area (Å²) in [5.41, 5.74) is 1.44. The summed E-state index contributed by atoms with van der Waals surface area (Å²) >= 11 is 3.47. The summed E-state index contributed by atoms with van der Waals surface area (Å²) in [4.78, 5) is 2.57. The van der Waals surface area contributed by atoms with Crippen molar-refractivity contribution in [3.05, 3.63) is 34.3 Å². The van der Waals surface area contributed by atoms with Gasteiger partial charge in [0.05, 0.1) is 0 Å². The molecule has 1 saturated heterocycles. The largest absolute Gasteiger partial charge is 0.312 e. The second-order valence-corrected chi connectivity index (χ2v) is 5.80. The fraction of sp³-hybridized carbons (Fsp3) is 0.571. The Labute approximate surface area is 113 Å². The maximum Gasteiger partial charge on any atom is 0.0175 e. The van der Waals surface area contributed by atoms with E-state index in [1.54, 1.807) is 0 Å². The van der Waals surface area contributed by atoms with E-state index in [4.69, 9.17) is 0 Å². The maximum absolute atomic E-state index is 3.48. The highest BCUT2D eigenvalue weighted by molar-refractivity contribution is 9.10. The Balaban J connectivity index is 1.70. The average Bonchev–Trinajstić information content (AvgIpc) is 2.32. The average molecular weight is 297 g/mol. The number of nitrogens with zero attached hydrogens (tertiary/aromatic N) is 1. The van der Waals surface area contributed by atoms with E-state index >= 15 is 0 Å². The van der Waals surface area contributed by atoms with Crippen molar-refractivity contribution in [3.63, 3.8) is 0 Å². The minimum Gasteiger partial charge on any atom is -0.312 e. The molecule has 0 bridgehead atoms. The highest BCUT2D eigenvalue weighted by Gasteiger charge is 2.14. The van der Waals surface area contributed by atoms with Crippen molar-refractivity contribution >= 4 is 15.9 Å². The van der Waals surface area contributed by atoms with Gasteiger partial charge in [0.25, 0.3) is 0 Å². The highest BCUT2D eigenvalue weighted by Crippen LogP contribution is 2.12. The topological polar surface area (TPSA) is 15.3 Å². The summed E-state index contributed by atoms with van der Waals surface area (Å²) < 4.78 is 1.16. The Morgan fingerprint density at radius 1 is 1.35 bits per heavy atom. The summed E-state index contributed by atoms with van der Waals surface area (Å²) in [5.74, 6) is 0. The summed E-state index contributed by atoms with van der Waals surface area (Å²) in [6, 6.07) is 9.33. The summed E-state index contributed by atoms with van der Waals surface area (Å²) in [6.07, 6.45) is 2.44. The number of rotatable bonds is 4. The number of hydrogen-bond acceptors (Lipinski definition) is 2. The van der Waals surface area contributed by atoms with Crippen LogP contribution in [0.1, 0.15) is 18.9 Å². The van der Waals surface area contributed by atoms with E-state index in [2.05, 4.69) is 57.3 Å². The normalized spacial score (nSPS) is 21.6. The first-order valence-electron chi connectivity index (χ1n) is 6.44. The van der Waals surface area contributed by atoms with Crippen LogP contribution in [0.2, 0.25) is 0 Å². The van der Waals surface area contributed by atoms with Crippen LogP contribution in [0.4, 0.5) is 0 Å². The Morgan fingerprint density at radius 3 is 2.82 bits per heavy atom. The lowest BCUT2D eigenvalue weighted by molar-refractivity contribution is 0.205. The smallest absolute Gasteiger partial charge is 0.0175 e. The van der Waals surface area contributed by atoms with Crippen molar-refractivity contribution in [2.75, 3.05) is 26.2 Å². The Hall–Kier alpha value is -0.380. The molecule has 0 saturated carbocycles. The molecule has 1 aliphatic heterocycles. The van der Waals surface area contributed by atoms with Crippen LogP contribution in [0.5, 0.6) is 0 Å². The molecule has 1 atom stereocenters. The van der Waals surface area contributed by atoms with E-state index in [0.29, 0.717) is 6.04 Å². The van der Waals surface area contributed by atoms with Crippen LogP contribution in [-0.4, -0.2) is 37.1 Å². The summed E-state index contributed by atoms with van der Waals surface area (Å²) in [5, 5.41) is 3.48. The van der Waals surface area contributed by atoms with E-state index in [0.717, 1.165) is 11.0 Å². The lowest BCUT2D eigenvalue weighted by atomic mass is 10.1. The number of nitrogens with one attached hydrogen (secondary N) is 1. The van der Waals surface area contributed by atoms with Crippen LogP contribution >= 0.6 is 15.9 Å². The van der Waals surface area contributed by atoms with Crippen LogP contribution in [-0.2, 0) is 6.42 Å². The molecule has 2 nitrogen and oxygen atoms in total. The Kier molecular flexibility index (Phi) is 5.01. The van der Waals surface area contributed by atoms with Gasteiger partial charge in [-0.05, 0) is 44.0 Å². The predicted octanol–water partition coefficient (Wildman–Crippen LogP) is 2.68. The Morgan fingerprint density at radius 2 is 2.12 bits per heavy atom. The molecule has 2 rings (SSSR count). The van der Waals surface area contributed by atoms with Crippen LogP contribution in [0.25, 0.3) is 0 Å². The van der Waals surface area contributed by atoms with Gasteiger partial charge in [-0.1, -0.05) is 28.1 Å². The summed E-state index contributed by atoms with van der Waals surface area (Å²) in [6.45, 7) is 7.02. The minimum absolute atomic E-state index is 0.649. The molecule has 1 unspecified atom stereocenters. The van der Waals surface area contributed by atoms with Crippen LogP contribution in [0, 0.1) is 0 Å². The van der Waals surface area contributed by atoms with Gasteiger partial charge in [-0.15, -0.1) is 0 Å².